The van der Waals surface area contributed by atoms with Crippen molar-refractivity contribution >= 4 is 61.1 Å². The number of nitrogens with zero attached hydrogens (tertiary/aromatic N) is 7. The van der Waals surface area contributed by atoms with E-state index < -0.39 is 55.1 Å². The Kier molecular flexibility index (Phi) is 19.5. The highest BCUT2D eigenvalue weighted by molar-refractivity contribution is 7.91. The zero-order valence-electron chi connectivity index (χ0n) is 43.6. The van der Waals surface area contributed by atoms with E-state index in [0.29, 0.717) is 55.5 Å². The van der Waals surface area contributed by atoms with Crippen LogP contribution in [-0.2, 0) is 46.8 Å². The van der Waals surface area contributed by atoms with Crippen LogP contribution in [0.1, 0.15) is 103 Å². The fourth-order valence-corrected chi connectivity index (χ4v) is 10.3. The molecule has 8 rings (SSSR count). The molecule has 0 radical (unpaired) electrons. The minimum absolute atomic E-state index is 0.0192. The minimum atomic E-state index is -3.30. The lowest BCUT2D eigenvalue weighted by atomic mass is 10.0. The van der Waals surface area contributed by atoms with Crippen LogP contribution in [0.25, 0.3) is 0 Å². The number of hydrogen-bond donors (Lipinski definition) is 6. The van der Waals surface area contributed by atoms with Crippen molar-refractivity contribution in [2.45, 2.75) is 99.6 Å². The molecule has 2 aromatic heterocycles. The van der Waals surface area contributed by atoms with Crippen LogP contribution in [-0.4, -0.2) is 159 Å². The first-order valence-corrected chi connectivity index (χ1v) is 28.9. The van der Waals surface area contributed by atoms with Crippen molar-refractivity contribution < 1.29 is 50.7 Å². The molecule has 4 saturated heterocycles. The molecular formula is C51H70N12O11S2. The number of anilines is 2. The molecule has 412 valence electrons. The molecule has 4 atom stereocenters. The van der Waals surface area contributed by atoms with Gasteiger partial charge < -0.3 is 52.4 Å². The van der Waals surface area contributed by atoms with Gasteiger partial charge in [0, 0.05) is 83.3 Å². The first kappa shape index (κ1) is 58.4. The third kappa shape index (κ3) is 16.8. The van der Waals surface area contributed by atoms with Crippen LogP contribution in [0.15, 0.2) is 70.7 Å². The third-order valence-corrected chi connectivity index (χ3v) is 15.3. The summed E-state index contributed by atoms with van der Waals surface area (Å²) in [7, 11) is -6.56. The van der Waals surface area contributed by atoms with Crippen molar-refractivity contribution in [1.82, 2.24) is 35.5 Å². The van der Waals surface area contributed by atoms with Crippen molar-refractivity contribution in [1.29, 1.82) is 0 Å². The second kappa shape index (κ2) is 25.3. The number of carbonyl (C=O) groups excluding carboxylic acids is 4. The smallest absolute Gasteiger partial charge is 0.410 e. The molecule has 0 bridgehead atoms. The molecule has 0 saturated carbocycles. The van der Waals surface area contributed by atoms with E-state index in [4.69, 9.17) is 32.0 Å². The average molecular weight is 1090 g/mol. The number of sulfone groups is 2. The number of aliphatic carboxylic acids is 1. The molecule has 4 aromatic rings. The molecule has 2 aromatic carbocycles. The predicted octanol–water partition coefficient (Wildman–Crippen LogP) is 2.09. The van der Waals surface area contributed by atoms with Crippen LogP contribution in [0.5, 0.6) is 0 Å². The number of hydrogen-bond acceptors (Lipinski definition) is 18. The van der Waals surface area contributed by atoms with E-state index in [0.717, 1.165) is 81.9 Å². The van der Waals surface area contributed by atoms with Gasteiger partial charge in [-0.3, -0.25) is 19.2 Å². The summed E-state index contributed by atoms with van der Waals surface area (Å²) in [6.45, 7) is 10.6. The molecule has 23 nitrogen and oxygen atoms in total. The van der Waals surface area contributed by atoms with Gasteiger partial charge in [-0.25, -0.2) is 41.6 Å². The molecule has 76 heavy (non-hydrogen) atoms. The Morgan fingerprint density at radius 1 is 0.711 bits per heavy atom. The van der Waals surface area contributed by atoms with Crippen LogP contribution in [0, 0.1) is 11.8 Å². The first-order valence-electron chi connectivity index (χ1n) is 25.1. The molecule has 4 unspecified atom stereocenters. The van der Waals surface area contributed by atoms with Gasteiger partial charge in [0.2, 0.25) is 5.91 Å². The number of amides is 4. The second-order valence-corrected chi connectivity index (χ2v) is 24.6. The van der Waals surface area contributed by atoms with Gasteiger partial charge >= 0.3 is 12.1 Å². The Morgan fingerprint density at radius 2 is 1.21 bits per heavy atom. The number of aromatic nitrogens is 4. The van der Waals surface area contributed by atoms with Gasteiger partial charge in [-0.2, -0.15) is 0 Å². The number of rotatable bonds is 13. The lowest BCUT2D eigenvalue weighted by molar-refractivity contribution is -0.141. The van der Waals surface area contributed by atoms with Crippen molar-refractivity contribution in [3.8, 4) is 0 Å². The zero-order valence-corrected chi connectivity index (χ0v) is 45.2. The number of benzene rings is 2. The van der Waals surface area contributed by atoms with Gasteiger partial charge in [-0.15, -0.1) is 0 Å². The number of carbonyl (C=O) groups is 5. The standard InChI is InChI=1S/C23H30N6O4S.C18H23N5O3S.C10H17NO4/c1-34(32,33)18-6-4-15(5-7-18)11-19-21(22(24)30)26-13-20(28-19)29-10-2-3-17(14-29)27-23(31)16-8-9-25-12-16;1-27(25,26)14-6-4-12(5-7-14)9-15-17(18(20)24)21-10-16(22-15)23-8-2-3-13(19)11-23;1-10(2,3)15-9(14)11-5-4-7(6-11)8(12)13/h4-7,13,16-17,25H,2-3,8-12,14H2,1H3,(H2,24,30)(H,27,31);4-7,10,13H,2-3,8-9,11,19H2,1H3,(H2,20,24);7H,4-6H2,1-3H3,(H,12,13). The second-order valence-electron chi connectivity index (χ2n) is 20.5. The fourth-order valence-electron chi connectivity index (χ4n) is 9.07. The summed E-state index contributed by atoms with van der Waals surface area (Å²) in [6, 6.07) is 13.0. The van der Waals surface area contributed by atoms with Gasteiger partial charge in [0.1, 0.15) is 28.6 Å². The summed E-state index contributed by atoms with van der Waals surface area (Å²) >= 11 is 0. The number of piperidine rings is 2. The van der Waals surface area contributed by atoms with Crippen LogP contribution in [0.2, 0.25) is 0 Å². The number of nitrogens with one attached hydrogen (secondary N) is 2. The van der Waals surface area contributed by atoms with Crippen LogP contribution in [0.4, 0.5) is 16.4 Å². The SMILES string of the molecule is CC(C)(C)OC(=O)N1CCC(C(=O)O)C1.CS(=O)(=O)c1ccc(Cc2nc(N3CCCC(N)C3)cnc2C(N)=O)cc1.CS(=O)(=O)c1ccc(Cc2nc(N3CCCC(NC(=O)C4CCNC4)C3)cnc2C(N)=O)cc1. The highest BCUT2D eigenvalue weighted by atomic mass is 32.2. The Labute approximate surface area is 443 Å². The molecule has 4 fully saturated rings. The molecule has 25 heteroatoms. The summed E-state index contributed by atoms with van der Waals surface area (Å²) < 4.78 is 51.8. The minimum Gasteiger partial charge on any atom is -0.481 e. The van der Waals surface area contributed by atoms with Crippen LogP contribution < -0.4 is 37.6 Å². The highest BCUT2D eigenvalue weighted by Gasteiger charge is 2.33. The fraction of sp³-hybridized carbons (Fsp3) is 0.510. The molecule has 9 N–H and O–H groups in total. The number of carboxylic acids is 1. The maximum Gasteiger partial charge on any atom is 0.410 e. The maximum absolute atomic E-state index is 12.5. The summed E-state index contributed by atoms with van der Waals surface area (Å²) in [5.41, 5.74) is 19.2. The average Bonchev–Trinajstić information content (AvgIpc) is 4.09. The molecule has 0 spiro atoms. The summed E-state index contributed by atoms with van der Waals surface area (Å²) in [6.07, 6.45) is 10.7. The predicted molar refractivity (Wildman–Crippen MR) is 283 cm³/mol. The number of ether oxygens (including phenoxy) is 1. The molecule has 0 aliphatic carbocycles. The normalized spacial score (nSPS) is 19.8. The summed E-state index contributed by atoms with van der Waals surface area (Å²) in [5.74, 6) is -1.22. The van der Waals surface area contributed by atoms with Crippen LogP contribution in [0.3, 0.4) is 0 Å². The van der Waals surface area contributed by atoms with Crippen molar-refractivity contribution in [3.63, 3.8) is 0 Å². The van der Waals surface area contributed by atoms with Crippen molar-refractivity contribution in [2.75, 3.05) is 74.7 Å². The van der Waals surface area contributed by atoms with Crippen LogP contribution >= 0.6 is 0 Å². The quantitative estimate of drug-likeness (QED) is 0.112. The van der Waals surface area contributed by atoms with E-state index in [2.05, 4.69) is 35.4 Å². The monoisotopic (exact) mass is 1090 g/mol. The zero-order chi connectivity index (χ0) is 55.5. The topological polar surface area (TPSA) is 346 Å². The van der Waals surface area contributed by atoms with E-state index in [9.17, 15) is 40.8 Å². The highest BCUT2D eigenvalue weighted by Crippen LogP contribution is 2.24. The Hall–Kier alpha value is -6.83. The van der Waals surface area contributed by atoms with E-state index in [1.807, 2.05) is 0 Å². The first-order chi connectivity index (χ1) is 35.7. The molecule has 4 aliphatic rings. The van der Waals surface area contributed by atoms with E-state index in [1.54, 1.807) is 57.4 Å². The summed E-state index contributed by atoms with van der Waals surface area (Å²) in [4.78, 5) is 82.3. The van der Waals surface area contributed by atoms with Crippen molar-refractivity contribution in [2.24, 2.45) is 29.0 Å². The number of primary amides is 2. The number of likely N-dealkylation sites (tertiary alicyclic amines) is 1. The lowest BCUT2D eigenvalue weighted by Gasteiger charge is -2.34. The van der Waals surface area contributed by atoms with Gasteiger partial charge in [0.15, 0.2) is 19.7 Å². The maximum atomic E-state index is 12.5. The van der Waals surface area contributed by atoms with Gasteiger partial charge in [0.05, 0.1) is 45.4 Å². The Bertz CT molecular complexity index is 2950. The van der Waals surface area contributed by atoms with E-state index in [1.165, 1.54) is 29.2 Å². The molecule has 6 heterocycles. The van der Waals surface area contributed by atoms with Gasteiger partial charge in [0.25, 0.3) is 11.8 Å². The molecule has 4 aliphatic heterocycles. The summed E-state index contributed by atoms with van der Waals surface area (Å²) in [5, 5.41) is 15.2. The number of nitrogens with two attached hydrogens (primary N) is 3. The van der Waals surface area contributed by atoms with E-state index in [-0.39, 0.29) is 58.1 Å². The number of carboxylic acid groups (broad SMARTS) is 1. The van der Waals surface area contributed by atoms with E-state index >= 15 is 0 Å². The third-order valence-electron chi connectivity index (χ3n) is 13.1. The largest absolute Gasteiger partial charge is 0.481 e. The van der Waals surface area contributed by atoms with Gasteiger partial charge in [-0.1, -0.05) is 24.3 Å². The lowest BCUT2D eigenvalue weighted by Crippen LogP contribution is -2.49. The Balaban J connectivity index is 0.000000199. The Morgan fingerprint density at radius 3 is 1.63 bits per heavy atom. The van der Waals surface area contributed by atoms with Gasteiger partial charge in [-0.05, 0) is 101 Å². The van der Waals surface area contributed by atoms with Crippen molar-refractivity contribution in [3.05, 3.63) is 94.8 Å². The molecule has 4 amide bonds. The molecular weight excluding hydrogens is 1020 g/mol.